The summed E-state index contributed by atoms with van der Waals surface area (Å²) in [4.78, 5) is 22.2. The van der Waals surface area contributed by atoms with E-state index in [9.17, 15) is 23.5 Å². The molecule has 0 saturated heterocycles. The van der Waals surface area contributed by atoms with Gasteiger partial charge in [0, 0.05) is 11.8 Å². The van der Waals surface area contributed by atoms with Gasteiger partial charge in [-0.3, -0.25) is 0 Å². The number of ether oxygens (including phenoxy) is 1. The number of nitrogens with one attached hydrogen (secondary N) is 2. The molecule has 1 aromatic rings. The van der Waals surface area contributed by atoms with Gasteiger partial charge in [-0.1, -0.05) is 11.6 Å². The number of carboxylic acid groups (broad SMARTS) is 1. The molecule has 0 spiro atoms. The van der Waals surface area contributed by atoms with Gasteiger partial charge in [0.15, 0.2) is 5.60 Å². The van der Waals surface area contributed by atoms with Crippen LogP contribution in [0.25, 0.3) is 0 Å². The van der Waals surface area contributed by atoms with Crippen LogP contribution < -0.4 is 15.4 Å². The van der Waals surface area contributed by atoms with E-state index in [1.807, 2.05) is 0 Å². The van der Waals surface area contributed by atoms with Crippen LogP contribution in [0.3, 0.4) is 0 Å². The van der Waals surface area contributed by atoms with Gasteiger partial charge in [0.05, 0.1) is 11.6 Å². The van der Waals surface area contributed by atoms with Gasteiger partial charge in [0.1, 0.15) is 5.75 Å². The van der Waals surface area contributed by atoms with E-state index in [0.717, 1.165) is 13.0 Å². The molecule has 1 unspecified atom stereocenters. The Balaban J connectivity index is 2.67. The number of hydrogen-bond donors (Lipinski definition) is 4. The Morgan fingerprint density at radius 2 is 2.09 bits per heavy atom. The molecule has 0 aliphatic carbocycles. The van der Waals surface area contributed by atoms with Crippen LogP contribution in [0.5, 0.6) is 5.75 Å². The summed E-state index contributed by atoms with van der Waals surface area (Å²) < 4.78 is 28.5. The average Bonchev–Trinajstić information content (AvgIpc) is 2.40. The molecular weight excluding hydrogens is 326 g/mol. The van der Waals surface area contributed by atoms with Crippen molar-refractivity contribution in [2.45, 2.75) is 19.1 Å². The fourth-order valence-corrected chi connectivity index (χ4v) is 1.43. The normalized spacial score (nSPS) is 13.4. The maximum Gasteiger partial charge on any atom is 0.387 e. The van der Waals surface area contributed by atoms with E-state index in [1.165, 1.54) is 12.1 Å². The van der Waals surface area contributed by atoms with Crippen LogP contribution in [0.4, 0.5) is 19.3 Å². The van der Waals surface area contributed by atoms with E-state index in [4.69, 9.17) is 16.7 Å². The Morgan fingerprint density at radius 3 is 2.64 bits per heavy atom. The number of aliphatic hydroxyl groups is 1. The number of benzene rings is 1. The standard InChI is InChI=1S/C12H13ClF2N2O5/c1-12(21,9(18)19)5-16-11(20)17-6-2-3-7(13)8(4-6)22-10(14)15/h2-4,10,21H,5H2,1H3,(H,18,19)(H2,16,17,20). The SMILES string of the molecule is CC(O)(CNC(=O)Nc1ccc(Cl)c(OC(F)F)c1)C(=O)O. The Labute approximate surface area is 128 Å². The van der Waals surface area contributed by atoms with Gasteiger partial charge >= 0.3 is 18.6 Å². The molecule has 7 nitrogen and oxygen atoms in total. The molecule has 22 heavy (non-hydrogen) atoms. The summed E-state index contributed by atoms with van der Waals surface area (Å²) in [6, 6.07) is 2.80. The van der Waals surface area contributed by atoms with Crippen LogP contribution in [-0.4, -0.2) is 41.0 Å². The third-order valence-electron chi connectivity index (χ3n) is 2.46. The Hall–Kier alpha value is -2.13. The molecule has 4 N–H and O–H groups in total. The summed E-state index contributed by atoms with van der Waals surface area (Å²) in [5, 5.41) is 22.4. The third kappa shape index (κ3) is 5.34. The molecule has 0 saturated carbocycles. The number of alkyl halides is 2. The van der Waals surface area contributed by atoms with E-state index in [0.29, 0.717) is 0 Å². The molecule has 122 valence electrons. The summed E-state index contributed by atoms with van der Waals surface area (Å²) >= 11 is 5.65. The largest absolute Gasteiger partial charge is 0.479 e. The molecule has 0 bridgehead atoms. The van der Waals surface area contributed by atoms with Gasteiger partial charge in [-0.25, -0.2) is 9.59 Å². The predicted molar refractivity (Wildman–Crippen MR) is 73.4 cm³/mol. The zero-order valence-corrected chi connectivity index (χ0v) is 12.0. The highest BCUT2D eigenvalue weighted by atomic mass is 35.5. The van der Waals surface area contributed by atoms with E-state index >= 15 is 0 Å². The maximum absolute atomic E-state index is 12.2. The molecular formula is C12H13ClF2N2O5. The molecule has 1 rings (SSSR count). The number of carbonyl (C=O) groups is 2. The van der Waals surface area contributed by atoms with Crippen molar-refractivity contribution in [3.8, 4) is 5.75 Å². The fraction of sp³-hybridized carbons (Fsp3) is 0.333. The van der Waals surface area contributed by atoms with Crippen molar-refractivity contribution in [2.24, 2.45) is 0 Å². The van der Waals surface area contributed by atoms with Crippen molar-refractivity contribution in [1.29, 1.82) is 0 Å². The first-order valence-corrected chi connectivity index (χ1v) is 6.24. The van der Waals surface area contributed by atoms with Crippen LogP contribution in [0, 0.1) is 0 Å². The molecule has 0 aromatic heterocycles. The van der Waals surface area contributed by atoms with Gasteiger partial charge in [-0.05, 0) is 19.1 Å². The van der Waals surface area contributed by atoms with Crippen molar-refractivity contribution in [3.63, 3.8) is 0 Å². The van der Waals surface area contributed by atoms with Crippen LogP contribution in [-0.2, 0) is 4.79 Å². The summed E-state index contributed by atoms with van der Waals surface area (Å²) in [5.41, 5.74) is -2.05. The highest BCUT2D eigenvalue weighted by Crippen LogP contribution is 2.29. The van der Waals surface area contributed by atoms with Gasteiger partial charge < -0.3 is 25.6 Å². The minimum Gasteiger partial charge on any atom is -0.479 e. The number of hydrogen-bond acceptors (Lipinski definition) is 4. The Morgan fingerprint density at radius 1 is 1.45 bits per heavy atom. The van der Waals surface area contributed by atoms with E-state index in [2.05, 4.69) is 15.4 Å². The van der Waals surface area contributed by atoms with Crippen molar-refractivity contribution in [2.75, 3.05) is 11.9 Å². The lowest BCUT2D eigenvalue weighted by atomic mass is 10.1. The van der Waals surface area contributed by atoms with Crippen molar-refractivity contribution in [3.05, 3.63) is 23.2 Å². The third-order valence-corrected chi connectivity index (χ3v) is 2.77. The second-order valence-corrected chi connectivity index (χ2v) is 4.82. The molecule has 0 heterocycles. The van der Waals surface area contributed by atoms with Crippen LogP contribution in [0.15, 0.2) is 18.2 Å². The zero-order chi connectivity index (χ0) is 16.9. The molecule has 1 aromatic carbocycles. The molecule has 2 amide bonds. The van der Waals surface area contributed by atoms with Crippen molar-refractivity contribution < 1.29 is 33.3 Å². The van der Waals surface area contributed by atoms with E-state index in [-0.39, 0.29) is 16.5 Å². The van der Waals surface area contributed by atoms with Crippen LogP contribution >= 0.6 is 11.6 Å². The van der Waals surface area contributed by atoms with Gasteiger partial charge in [0.25, 0.3) is 0 Å². The highest BCUT2D eigenvalue weighted by molar-refractivity contribution is 6.32. The summed E-state index contributed by atoms with van der Waals surface area (Å²) in [6.45, 7) is -2.62. The molecule has 0 aliphatic rings. The predicted octanol–water partition coefficient (Wildman–Crippen LogP) is 1.90. The lowest BCUT2D eigenvalue weighted by molar-refractivity contribution is -0.155. The van der Waals surface area contributed by atoms with Gasteiger partial charge in [-0.2, -0.15) is 8.78 Å². The number of rotatable bonds is 6. The quantitative estimate of drug-likeness (QED) is 0.633. The first kappa shape index (κ1) is 17.9. The van der Waals surface area contributed by atoms with Crippen molar-refractivity contribution in [1.82, 2.24) is 5.32 Å². The lowest BCUT2D eigenvalue weighted by Gasteiger charge is -2.18. The Kier molecular flexibility index (Phi) is 5.89. The van der Waals surface area contributed by atoms with Gasteiger partial charge in [-0.15, -0.1) is 0 Å². The molecule has 10 heteroatoms. The minimum atomic E-state index is -3.08. The van der Waals surface area contributed by atoms with E-state index < -0.39 is 30.8 Å². The van der Waals surface area contributed by atoms with E-state index in [1.54, 1.807) is 0 Å². The number of carbonyl (C=O) groups excluding carboxylic acids is 1. The number of carboxylic acids is 1. The number of urea groups is 1. The smallest absolute Gasteiger partial charge is 0.387 e. The molecule has 0 fully saturated rings. The first-order chi connectivity index (χ1) is 10.1. The Bertz CT molecular complexity index is 568. The van der Waals surface area contributed by atoms with Crippen LogP contribution in [0.2, 0.25) is 5.02 Å². The average molecular weight is 339 g/mol. The fourth-order valence-electron chi connectivity index (χ4n) is 1.27. The highest BCUT2D eigenvalue weighted by Gasteiger charge is 2.30. The molecule has 0 radical (unpaired) electrons. The topological polar surface area (TPSA) is 108 Å². The summed E-state index contributed by atoms with van der Waals surface area (Å²) in [6.07, 6.45) is 0. The lowest BCUT2D eigenvalue weighted by Crippen LogP contribution is -2.47. The van der Waals surface area contributed by atoms with Crippen molar-refractivity contribution >= 4 is 29.3 Å². The summed E-state index contributed by atoms with van der Waals surface area (Å²) in [7, 11) is 0. The molecule has 1 atom stereocenters. The number of aliphatic carboxylic acids is 1. The second kappa shape index (κ2) is 7.23. The second-order valence-electron chi connectivity index (χ2n) is 4.41. The zero-order valence-electron chi connectivity index (χ0n) is 11.3. The number of amides is 2. The maximum atomic E-state index is 12.2. The first-order valence-electron chi connectivity index (χ1n) is 5.87. The number of anilines is 1. The minimum absolute atomic E-state index is 0.0694. The molecule has 0 aliphatic heterocycles. The summed E-state index contributed by atoms with van der Waals surface area (Å²) in [5.74, 6) is -1.83. The van der Waals surface area contributed by atoms with Gasteiger partial charge in [0.2, 0.25) is 0 Å². The number of halogens is 3. The van der Waals surface area contributed by atoms with Crippen LogP contribution in [0.1, 0.15) is 6.92 Å². The monoisotopic (exact) mass is 338 g/mol.